The molecule has 0 aliphatic carbocycles. The van der Waals surface area contributed by atoms with Crippen molar-refractivity contribution in [2.24, 2.45) is 0 Å². The summed E-state index contributed by atoms with van der Waals surface area (Å²) in [6.45, 7) is 3.98. The topological polar surface area (TPSA) is 35.2 Å². The Hall–Kier alpha value is -2.20. The van der Waals surface area contributed by atoms with E-state index in [1.54, 1.807) is 0 Å². The molecule has 1 aromatic carbocycles. The van der Waals surface area contributed by atoms with Crippen LogP contribution < -0.4 is 9.80 Å². The zero-order chi connectivity index (χ0) is 14.9. The second-order valence-corrected chi connectivity index (χ2v) is 5.98. The van der Waals surface area contributed by atoms with Crippen molar-refractivity contribution in [3.05, 3.63) is 53.9 Å². The minimum Gasteiger partial charge on any atom is -0.368 e. The Labute approximate surface area is 134 Å². The lowest BCUT2D eigenvalue weighted by molar-refractivity contribution is 0.655. The number of anilines is 2. The van der Waals surface area contributed by atoms with Crippen molar-refractivity contribution in [3.63, 3.8) is 0 Å². The molecule has 1 saturated heterocycles. The monoisotopic (exact) mass is 312 g/mol. The Bertz CT molecular complexity index is 776. The molecule has 0 bridgehead atoms. The molecule has 1 N–H and O–H groups in total. The molecule has 0 amide bonds. The zero-order valence-corrected chi connectivity index (χ0v) is 12.9. The van der Waals surface area contributed by atoms with Crippen molar-refractivity contribution in [2.75, 3.05) is 36.0 Å². The average Bonchev–Trinajstić information content (AvgIpc) is 3.03. The maximum atomic E-state index is 6.26. The molecule has 0 unspecified atom stereocenters. The summed E-state index contributed by atoms with van der Waals surface area (Å²) < 4.78 is 0. The molecule has 0 atom stereocenters. The predicted molar refractivity (Wildman–Crippen MR) is 92.0 cm³/mol. The third-order valence-corrected chi connectivity index (χ3v) is 4.48. The molecule has 3 aromatic rings. The molecule has 22 heavy (non-hydrogen) atoms. The molecule has 0 radical (unpaired) electrons. The highest BCUT2D eigenvalue weighted by atomic mass is 35.5. The summed E-state index contributed by atoms with van der Waals surface area (Å²) in [5, 5.41) is 2.02. The minimum absolute atomic E-state index is 0.779. The number of nitrogens with one attached hydrogen (secondary N) is 1. The van der Waals surface area contributed by atoms with E-state index < -0.39 is 0 Å². The van der Waals surface area contributed by atoms with Crippen LogP contribution in [0.3, 0.4) is 0 Å². The van der Waals surface area contributed by atoms with Crippen molar-refractivity contribution in [3.8, 4) is 0 Å². The lowest BCUT2D eigenvalue weighted by Gasteiger charge is -2.37. The van der Waals surface area contributed by atoms with E-state index in [9.17, 15) is 0 Å². The van der Waals surface area contributed by atoms with E-state index in [0.717, 1.165) is 36.7 Å². The third kappa shape index (κ3) is 2.40. The van der Waals surface area contributed by atoms with Gasteiger partial charge in [-0.05, 0) is 30.3 Å². The molecule has 1 aliphatic rings. The Morgan fingerprint density at radius 1 is 0.955 bits per heavy atom. The lowest BCUT2D eigenvalue weighted by atomic mass is 10.1. The molecular formula is C17H17ClN4. The number of H-pyrrole nitrogens is 1. The summed E-state index contributed by atoms with van der Waals surface area (Å²) in [6.07, 6.45) is 5.67. The van der Waals surface area contributed by atoms with Gasteiger partial charge in [0.25, 0.3) is 0 Å². The molecule has 5 heteroatoms. The maximum absolute atomic E-state index is 6.26. The largest absolute Gasteiger partial charge is 0.368 e. The molecular weight excluding hydrogens is 296 g/mol. The van der Waals surface area contributed by atoms with Crippen LogP contribution in [0.15, 0.2) is 48.9 Å². The van der Waals surface area contributed by atoms with Crippen LogP contribution in [-0.4, -0.2) is 36.1 Å². The Morgan fingerprint density at radius 2 is 1.68 bits per heavy atom. The quantitative estimate of drug-likeness (QED) is 0.786. The highest BCUT2D eigenvalue weighted by Crippen LogP contribution is 2.31. The molecule has 1 fully saturated rings. The number of piperazine rings is 1. The predicted octanol–water partition coefficient (Wildman–Crippen LogP) is 3.54. The highest BCUT2D eigenvalue weighted by molar-refractivity contribution is 6.31. The minimum atomic E-state index is 0.779. The number of hydrogen-bond acceptors (Lipinski definition) is 3. The fourth-order valence-electron chi connectivity index (χ4n) is 3.14. The standard InChI is InChI=1S/C17H17ClN4/c18-13-11-16-15(3-6-20-16)17(12-13)22-9-7-21(8-10-22)14-1-4-19-5-2-14/h1-6,11-12,20H,7-10H2. The van der Waals surface area contributed by atoms with Crippen molar-refractivity contribution >= 4 is 33.9 Å². The van der Waals surface area contributed by atoms with E-state index in [2.05, 4.69) is 44.0 Å². The van der Waals surface area contributed by atoms with Gasteiger partial charge >= 0.3 is 0 Å². The number of rotatable bonds is 2. The number of fused-ring (bicyclic) bond motifs is 1. The summed E-state index contributed by atoms with van der Waals surface area (Å²) in [7, 11) is 0. The van der Waals surface area contributed by atoms with E-state index in [4.69, 9.17) is 11.6 Å². The molecule has 1 aliphatic heterocycles. The number of benzene rings is 1. The Morgan fingerprint density at radius 3 is 2.45 bits per heavy atom. The van der Waals surface area contributed by atoms with Crippen LogP contribution in [-0.2, 0) is 0 Å². The van der Waals surface area contributed by atoms with Gasteiger partial charge < -0.3 is 14.8 Å². The van der Waals surface area contributed by atoms with Crippen molar-refractivity contribution in [2.45, 2.75) is 0 Å². The molecule has 0 spiro atoms. The van der Waals surface area contributed by atoms with Crippen LogP contribution in [0, 0.1) is 0 Å². The van der Waals surface area contributed by atoms with Crippen LogP contribution in [0.1, 0.15) is 0 Å². The highest BCUT2D eigenvalue weighted by Gasteiger charge is 2.19. The summed E-state index contributed by atoms with van der Waals surface area (Å²) in [6, 6.07) is 10.3. The van der Waals surface area contributed by atoms with Crippen molar-refractivity contribution < 1.29 is 0 Å². The van der Waals surface area contributed by atoms with Crippen LogP contribution >= 0.6 is 11.6 Å². The van der Waals surface area contributed by atoms with Gasteiger partial charge in [0.15, 0.2) is 0 Å². The van der Waals surface area contributed by atoms with Gasteiger partial charge in [-0.15, -0.1) is 0 Å². The number of halogens is 1. The Kier molecular flexibility index (Phi) is 3.39. The van der Waals surface area contributed by atoms with E-state index in [1.165, 1.54) is 16.8 Å². The first kappa shape index (κ1) is 13.5. The molecule has 0 saturated carbocycles. The molecule has 112 valence electrons. The average molecular weight is 313 g/mol. The maximum Gasteiger partial charge on any atom is 0.0489 e. The molecule has 3 heterocycles. The molecule has 4 rings (SSSR count). The Balaban J connectivity index is 1.57. The smallest absolute Gasteiger partial charge is 0.0489 e. The fourth-order valence-corrected chi connectivity index (χ4v) is 3.35. The summed E-state index contributed by atoms with van der Waals surface area (Å²) in [4.78, 5) is 12.1. The summed E-state index contributed by atoms with van der Waals surface area (Å²) >= 11 is 6.26. The number of aromatic nitrogens is 2. The summed E-state index contributed by atoms with van der Waals surface area (Å²) in [5.41, 5.74) is 3.56. The van der Waals surface area contributed by atoms with Gasteiger partial charge in [0, 0.05) is 72.1 Å². The zero-order valence-electron chi connectivity index (χ0n) is 12.2. The number of pyridine rings is 1. The van der Waals surface area contributed by atoms with Gasteiger partial charge in [0.2, 0.25) is 0 Å². The van der Waals surface area contributed by atoms with Gasteiger partial charge in [-0.3, -0.25) is 4.98 Å². The van der Waals surface area contributed by atoms with Gasteiger partial charge in [-0.1, -0.05) is 11.6 Å². The van der Waals surface area contributed by atoms with Gasteiger partial charge in [0.05, 0.1) is 0 Å². The van der Waals surface area contributed by atoms with E-state index >= 15 is 0 Å². The lowest BCUT2D eigenvalue weighted by Crippen LogP contribution is -2.46. The van der Waals surface area contributed by atoms with E-state index in [-0.39, 0.29) is 0 Å². The van der Waals surface area contributed by atoms with Crippen molar-refractivity contribution in [1.82, 2.24) is 9.97 Å². The third-order valence-electron chi connectivity index (χ3n) is 4.26. The number of nitrogens with zero attached hydrogens (tertiary/aromatic N) is 3. The van der Waals surface area contributed by atoms with Crippen LogP contribution in [0.5, 0.6) is 0 Å². The van der Waals surface area contributed by atoms with Gasteiger partial charge in [-0.2, -0.15) is 0 Å². The van der Waals surface area contributed by atoms with E-state index in [0.29, 0.717) is 0 Å². The van der Waals surface area contributed by atoms with Crippen LogP contribution in [0.25, 0.3) is 10.9 Å². The molecule has 2 aromatic heterocycles. The first-order chi connectivity index (χ1) is 10.8. The summed E-state index contributed by atoms with van der Waals surface area (Å²) in [5.74, 6) is 0. The first-order valence-corrected chi connectivity index (χ1v) is 7.85. The fraction of sp³-hybridized carbons (Fsp3) is 0.235. The number of aromatic amines is 1. The van der Waals surface area contributed by atoms with Gasteiger partial charge in [-0.25, -0.2) is 0 Å². The second-order valence-electron chi connectivity index (χ2n) is 5.54. The normalized spacial score (nSPS) is 15.5. The van der Waals surface area contributed by atoms with Crippen LogP contribution in [0.2, 0.25) is 5.02 Å². The molecule has 4 nitrogen and oxygen atoms in total. The van der Waals surface area contributed by atoms with E-state index in [1.807, 2.05) is 24.7 Å². The second kappa shape index (κ2) is 5.54. The van der Waals surface area contributed by atoms with Crippen molar-refractivity contribution in [1.29, 1.82) is 0 Å². The van der Waals surface area contributed by atoms with Crippen LogP contribution in [0.4, 0.5) is 11.4 Å². The van der Waals surface area contributed by atoms with Gasteiger partial charge in [0.1, 0.15) is 0 Å². The number of hydrogen-bond donors (Lipinski definition) is 1. The first-order valence-electron chi connectivity index (χ1n) is 7.48. The SMILES string of the molecule is Clc1cc(N2CCN(c3ccncc3)CC2)c2cc[nH]c2c1.